The first-order valence-corrected chi connectivity index (χ1v) is 7.64. The highest BCUT2D eigenvalue weighted by molar-refractivity contribution is 5.83. The summed E-state index contributed by atoms with van der Waals surface area (Å²) in [7, 11) is 0. The molecule has 0 saturated carbocycles. The quantitative estimate of drug-likeness (QED) is 0.798. The number of carbonyl (C=O) groups excluding carboxylic acids is 1. The molecule has 0 spiro atoms. The average Bonchev–Trinajstić information content (AvgIpc) is 2.94. The van der Waals surface area contributed by atoms with Gasteiger partial charge in [0.05, 0.1) is 6.04 Å². The first-order valence-electron chi connectivity index (χ1n) is 7.64. The van der Waals surface area contributed by atoms with Crippen molar-refractivity contribution >= 4 is 22.6 Å². The van der Waals surface area contributed by atoms with Gasteiger partial charge >= 0.3 is 0 Å². The van der Waals surface area contributed by atoms with E-state index in [2.05, 4.69) is 21.4 Å². The molecule has 4 rings (SSSR count). The van der Waals surface area contributed by atoms with Crippen LogP contribution in [0.5, 0.6) is 0 Å². The third kappa shape index (κ3) is 2.75. The number of anilines is 1. The van der Waals surface area contributed by atoms with Gasteiger partial charge in [-0.05, 0) is 23.6 Å². The highest BCUT2D eigenvalue weighted by Gasteiger charge is 2.30. The molecule has 0 aliphatic carbocycles. The molecule has 23 heavy (non-hydrogen) atoms. The minimum atomic E-state index is 0.145. The van der Waals surface area contributed by atoms with Crippen molar-refractivity contribution in [1.29, 1.82) is 0 Å². The van der Waals surface area contributed by atoms with E-state index in [0.29, 0.717) is 19.6 Å². The molecule has 6 heteroatoms. The molecule has 1 amide bonds. The van der Waals surface area contributed by atoms with Gasteiger partial charge < -0.3 is 14.8 Å². The predicted molar refractivity (Wildman–Crippen MR) is 88.0 cm³/mol. The Hall–Kier alpha value is -2.89. The van der Waals surface area contributed by atoms with Crippen molar-refractivity contribution in [1.82, 2.24) is 19.4 Å². The van der Waals surface area contributed by atoms with Crippen LogP contribution < -0.4 is 5.32 Å². The molecular formula is C17H17N5O. The molecule has 116 valence electrons. The van der Waals surface area contributed by atoms with Crippen LogP contribution in [0.1, 0.15) is 0 Å². The molecule has 1 N–H and O–H groups in total. The summed E-state index contributed by atoms with van der Waals surface area (Å²) in [5.41, 5.74) is 1.09. The van der Waals surface area contributed by atoms with Crippen LogP contribution in [0.2, 0.25) is 0 Å². The fourth-order valence-electron chi connectivity index (χ4n) is 2.88. The van der Waals surface area contributed by atoms with Crippen LogP contribution in [0.25, 0.3) is 10.9 Å². The fraction of sp³-hybridized carbons (Fsp3) is 0.235. The first-order chi connectivity index (χ1) is 11.3. The second-order valence-electron chi connectivity index (χ2n) is 5.74. The number of carbonyl (C=O) groups is 1. The number of para-hydroxylation sites is 1. The van der Waals surface area contributed by atoms with Gasteiger partial charge in [0.1, 0.15) is 18.7 Å². The van der Waals surface area contributed by atoms with Gasteiger partial charge in [0.2, 0.25) is 5.91 Å². The van der Waals surface area contributed by atoms with Crippen LogP contribution in [0, 0.1) is 0 Å². The van der Waals surface area contributed by atoms with E-state index in [1.807, 2.05) is 46.0 Å². The van der Waals surface area contributed by atoms with Gasteiger partial charge in [-0.3, -0.25) is 4.79 Å². The lowest BCUT2D eigenvalue weighted by Gasteiger charge is -2.39. The molecule has 2 aromatic heterocycles. The molecule has 0 unspecified atom stereocenters. The Balaban J connectivity index is 1.35. The largest absolute Gasteiger partial charge is 0.364 e. The number of nitrogens with zero attached hydrogens (tertiary/aromatic N) is 4. The number of fused-ring (bicyclic) bond motifs is 1. The molecule has 0 bridgehead atoms. The van der Waals surface area contributed by atoms with Crippen molar-refractivity contribution in [3.63, 3.8) is 0 Å². The zero-order chi connectivity index (χ0) is 15.6. The summed E-state index contributed by atoms with van der Waals surface area (Å²) in [4.78, 5) is 22.3. The molecule has 0 radical (unpaired) electrons. The number of likely N-dealkylation sites (tertiary alicyclic amines) is 1. The van der Waals surface area contributed by atoms with Gasteiger partial charge in [-0.1, -0.05) is 18.2 Å². The standard InChI is InChI=1S/C17H17N5O/c23-17(11-21-8-6-13-3-1-2-4-15(13)21)22-9-14(10-22)20-16-5-7-18-12-19-16/h1-8,12,14H,9-11H2,(H,18,19,20). The molecule has 3 aromatic rings. The number of benzene rings is 1. The lowest BCUT2D eigenvalue weighted by Crippen LogP contribution is -2.57. The molecule has 1 saturated heterocycles. The van der Waals surface area contributed by atoms with Crippen molar-refractivity contribution in [3.8, 4) is 0 Å². The van der Waals surface area contributed by atoms with Crippen molar-refractivity contribution in [2.45, 2.75) is 12.6 Å². The van der Waals surface area contributed by atoms with E-state index >= 15 is 0 Å². The third-order valence-electron chi connectivity index (χ3n) is 4.15. The highest BCUT2D eigenvalue weighted by Crippen LogP contribution is 2.17. The Morgan fingerprint density at radius 2 is 2.09 bits per heavy atom. The zero-order valence-corrected chi connectivity index (χ0v) is 12.6. The van der Waals surface area contributed by atoms with Gasteiger partial charge in [-0.25, -0.2) is 9.97 Å². The second-order valence-corrected chi connectivity index (χ2v) is 5.74. The van der Waals surface area contributed by atoms with Crippen molar-refractivity contribution < 1.29 is 4.79 Å². The Morgan fingerprint density at radius 1 is 1.22 bits per heavy atom. The number of hydrogen-bond donors (Lipinski definition) is 1. The minimum absolute atomic E-state index is 0.145. The molecular weight excluding hydrogens is 290 g/mol. The summed E-state index contributed by atoms with van der Waals surface area (Å²) in [5.74, 6) is 0.945. The zero-order valence-electron chi connectivity index (χ0n) is 12.6. The summed E-state index contributed by atoms with van der Waals surface area (Å²) in [6.07, 6.45) is 5.19. The molecule has 1 aliphatic heterocycles. The van der Waals surface area contributed by atoms with Gasteiger partial charge in [0.15, 0.2) is 0 Å². The van der Waals surface area contributed by atoms with E-state index in [-0.39, 0.29) is 11.9 Å². The Morgan fingerprint density at radius 3 is 2.91 bits per heavy atom. The van der Waals surface area contributed by atoms with Crippen LogP contribution in [0.3, 0.4) is 0 Å². The number of hydrogen-bond acceptors (Lipinski definition) is 4. The first kappa shape index (κ1) is 13.8. The van der Waals surface area contributed by atoms with E-state index in [9.17, 15) is 4.79 Å². The van der Waals surface area contributed by atoms with E-state index < -0.39 is 0 Å². The third-order valence-corrected chi connectivity index (χ3v) is 4.15. The lowest BCUT2D eigenvalue weighted by atomic mass is 10.1. The molecule has 0 atom stereocenters. The molecule has 1 aromatic carbocycles. The molecule has 3 heterocycles. The number of rotatable bonds is 4. The lowest BCUT2D eigenvalue weighted by molar-refractivity contribution is -0.135. The van der Waals surface area contributed by atoms with Crippen LogP contribution in [0.4, 0.5) is 5.82 Å². The normalized spacial score (nSPS) is 14.7. The molecule has 6 nitrogen and oxygen atoms in total. The Bertz CT molecular complexity index is 823. The van der Waals surface area contributed by atoms with Crippen LogP contribution >= 0.6 is 0 Å². The van der Waals surface area contributed by atoms with Crippen molar-refractivity contribution in [2.75, 3.05) is 18.4 Å². The smallest absolute Gasteiger partial charge is 0.242 e. The van der Waals surface area contributed by atoms with E-state index in [0.717, 1.165) is 16.7 Å². The van der Waals surface area contributed by atoms with Crippen LogP contribution in [-0.4, -0.2) is 44.5 Å². The van der Waals surface area contributed by atoms with E-state index in [4.69, 9.17) is 0 Å². The van der Waals surface area contributed by atoms with Crippen molar-refractivity contribution in [2.24, 2.45) is 0 Å². The minimum Gasteiger partial charge on any atom is -0.364 e. The maximum Gasteiger partial charge on any atom is 0.242 e. The van der Waals surface area contributed by atoms with Gasteiger partial charge in [0.25, 0.3) is 0 Å². The summed E-state index contributed by atoms with van der Waals surface area (Å²) in [6, 6.07) is 12.2. The average molecular weight is 307 g/mol. The molecule has 1 fully saturated rings. The van der Waals surface area contributed by atoms with Crippen molar-refractivity contribution in [3.05, 3.63) is 55.1 Å². The maximum absolute atomic E-state index is 12.4. The van der Waals surface area contributed by atoms with E-state index in [1.165, 1.54) is 6.33 Å². The topological polar surface area (TPSA) is 63.1 Å². The number of aromatic nitrogens is 3. The summed E-state index contributed by atoms with van der Waals surface area (Å²) in [5, 5.41) is 4.46. The van der Waals surface area contributed by atoms with Crippen LogP contribution in [-0.2, 0) is 11.3 Å². The van der Waals surface area contributed by atoms with Crippen LogP contribution in [0.15, 0.2) is 55.1 Å². The Labute approximate surface area is 133 Å². The highest BCUT2D eigenvalue weighted by atomic mass is 16.2. The Kier molecular flexibility index (Phi) is 3.42. The number of nitrogens with one attached hydrogen (secondary N) is 1. The fourth-order valence-corrected chi connectivity index (χ4v) is 2.88. The predicted octanol–water partition coefficient (Wildman–Crippen LogP) is 1.75. The summed E-state index contributed by atoms with van der Waals surface area (Å²) in [6.45, 7) is 1.80. The monoisotopic (exact) mass is 307 g/mol. The second kappa shape index (κ2) is 5.72. The van der Waals surface area contributed by atoms with Gasteiger partial charge in [0, 0.05) is 31.0 Å². The summed E-state index contributed by atoms with van der Waals surface area (Å²) >= 11 is 0. The maximum atomic E-state index is 12.4. The SMILES string of the molecule is O=C(Cn1ccc2ccccc21)N1CC(Nc2ccncn2)C1. The van der Waals surface area contributed by atoms with Gasteiger partial charge in [-0.2, -0.15) is 0 Å². The summed E-state index contributed by atoms with van der Waals surface area (Å²) < 4.78 is 2.00. The van der Waals surface area contributed by atoms with E-state index in [1.54, 1.807) is 6.20 Å². The molecule has 1 aliphatic rings. The van der Waals surface area contributed by atoms with Gasteiger partial charge in [-0.15, -0.1) is 0 Å². The number of amides is 1.